The van der Waals surface area contributed by atoms with Crippen molar-refractivity contribution >= 4 is 23.4 Å². The number of aryl methyl sites for hydroxylation is 3. The number of nitrogens with one attached hydrogen (secondary N) is 2. The van der Waals surface area contributed by atoms with Crippen molar-refractivity contribution < 1.29 is 4.79 Å². The molecule has 0 fully saturated rings. The van der Waals surface area contributed by atoms with Crippen molar-refractivity contribution in [1.29, 1.82) is 0 Å². The van der Waals surface area contributed by atoms with Gasteiger partial charge in [-0.25, -0.2) is 4.68 Å². The highest BCUT2D eigenvalue weighted by Gasteiger charge is 2.37. The molecule has 0 spiro atoms. The Labute approximate surface area is 181 Å². The zero-order valence-electron chi connectivity index (χ0n) is 17.6. The third-order valence-electron chi connectivity index (χ3n) is 5.46. The van der Waals surface area contributed by atoms with Crippen molar-refractivity contribution in [3.8, 4) is 0 Å². The minimum atomic E-state index is -0.371. The van der Waals surface area contributed by atoms with Crippen LogP contribution in [0.4, 0.5) is 5.69 Å². The van der Waals surface area contributed by atoms with Crippen LogP contribution in [0.2, 0.25) is 0 Å². The summed E-state index contributed by atoms with van der Waals surface area (Å²) in [6.07, 6.45) is 2.73. The van der Waals surface area contributed by atoms with E-state index in [1.807, 2.05) is 35.9 Å². The van der Waals surface area contributed by atoms with Gasteiger partial charge in [-0.1, -0.05) is 68.9 Å². The van der Waals surface area contributed by atoms with Crippen molar-refractivity contribution in [2.75, 3.05) is 10.7 Å². The van der Waals surface area contributed by atoms with Gasteiger partial charge in [0.1, 0.15) is 5.25 Å². The standard InChI is InChI=1S/C23H27N5OS/c1-4-15-7-11-17(12-8-15)20-21(30-23-26-25-19(6-3)28(23)27-20)22(29)24-18-13-9-16(5-2)10-14-18/h7-14,20-21,27H,4-6H2,1-3H3,(H,24,29)/t20-,21+/m1/s1. The molecule has 0 saturated heterocycles. The summed E-state index contributed by atoms with van der Waals surface area (Å²) >= 11 is 1.46. The number of hydrogen-bond acceptors (Lipinski definition) is 5. The molecule has 1 aliphatic rings. The minimum Gasteiger partial charge on any atom is -0.325 e. The molecule has 3 aromatic rings. The minimum absolute atomic E-state index is 0.0476. The first-order valence-electron chi connectivity index (χ1n) is 10.5. The summed E-state index contributed by atoms with van der Waals surface area (Å²) in [5, 5.41) is 12.0. The number of aromatic nitrogens is 3. The van der Waals surface area contributed by atoms with Gasteiger partial charge in [0.05, 0.1) is 6.04 Å². The summed E-state index contributed by atoms with van der Waals surface area (Å²) < 4.78 is 1.92. The van der Waals surface area contributed by atoms with Crippen LogP contribution in [0, 0.1) is 0 Å². The molecule has 156 valence electrons. The Kier molecular flexibility index (Phi) is 6.08. The summed E-state index contributed by atoms with van der Waals surface area (Å²) in [5.41, 5.74) is 7.89. The molecule has 0 radical (unpaired) electrons. The van der Waals surface area contributed by atoms with E-state index in [1.54, 1.807) is 0 Å². The third-order valence-corrected chi connectivity index (χ3v) is 6.67. The first kappa shape index (κ1) is 20.5. The van der Waals surface area contributed by atoms with Crippen LogP contribution in [0.25, 0.3) is 0 Å². The molecule has 30 heavy (non-hydrogen) atoms. The molecule has 2 aromatic carbocycles. The summed E-state index contributed by atoms with van der Waals surface area (Å²) in [7, 11) is 0. The lowest BCUT2D eigenvalue weighted by Gasteiger charge is -2.33. The Morgan fingerprint density at radius 2 is 1.60 bits per heavy atom. The SMILES string of the molecule is CCc1ccc(NC(=O)[C@H]2Sc3nnc(CC)n3N[C@@H]2c2ccc(CC)cc2)cc1. The van der Waals surface area contributed by atoms with Crippen molar-refractivity contribution in [2.45, 2.75) is 56.5 Å². The van der Waals surface area contributed by atoms with Gasteiger partial charge in [-0.3, -0.25) is 4.79 Å². The maximum Gasteiger partial charge on any atom is 0.240 e. The first-order chi connectivity index (χ1) is 14.6. The quantitative estimate of drug-likeness (QED) is 0.619. The van der Waals surface area contributed by atoms with E-state index in [2.05, 4.69) is 59.1 Å². The van der Waals surface area contributed by atoms with Gasteiger partial charge in [0.25, 0.3) is 0 Å². The van der Waals surface area contributed by atoms with Gasteiger partial charge in [-0.2, -0.15) is 0 Å². The summed E-state index contributed by atoms with van der Waals surface area (Å²) in [6.45, 7) is 6.31. The first-order valence-corrected chi connectivity index (χ1v) is 11.4. The van der Waals surface area contributed by atoms with Gasteiger partial charge < -0.3 is 10.7 Å². The molecular formula is C23H27N5OS. The molecule has 2 atom stereocenters. The highest BCUT2D eigenvalue weighted by atomic mass is 32.2. The number of anilines is 1. The second-order valence-electron chi connectivity index (χ2n) is 7.37. The summed E-state index contributed by atoms with van der Waals surface area (Å²) in [4.78, 5) is 13.3. The third kappa shape index (κ3) is 4.07. The van der Waals surface area contributed by atoms with E-state index in [0.717, 1.165) is 41.5 Å². The fourth-order valence-electron chi connectivity index (χ4n) is 3.58. The van der Waals surface area contributed by atoms with E-state index in [9.17, 15) is 4.79 Å². The molecule has 2 N–H and O–H groups in total. The van der Waals surface area contributed by atoms with Crippen molar-refractivity contribution in [3.05, 3.63) is 71.0 Å². The Morgan fingerprint density at radius 1 is 0.967 bits per heavy atom. The van der Waals surface area contributed by atoms with Crippen LogP contribution in [0.1, 0.15) is 49.3 Å². The van der Waals surface area contributed by atoms with Crippen LogP contribution >= 0.6 is 11.8 Å². The van der Waals surface area contributed by atoms with E-state index in [1.165, 1.54) is 22.9 Å². The molecule has 0 bridgehead atoms. The fraction of sp³-hybridized carbons (Fsp3) is 0.348. The monoisotopic (exact) mass is 421 g/mol. The molecule has 1 amide bonds. The van der Waals surface area contributed by atoms with Gasteiger partial charge >= 0.3 is 0 Å². The van der Waals surface area contributed by atoms with Crippen molar-refractivity contribution in [1.82, 2.24) is 14.9 Å². The Hall–Kier alpha value is -2.80. The van der Waals surface area contributed by atoms with Gasteiger partial charge in [0.2, 0.25) is 11.1 Å². The number of benzene rings is 2. The molecule has 1 aliphatic heterocycles. The summed E-state index contributed by atoms with van der Waals surface area (Å²) in [5.74, 6) is 0.815. The van der Waals surface area contributed by atoms with Gasteiger partial charge in [0, 0.05) is 12.1 Å². The normalized spacial score (nSPS) is 17.8. The predicted octanol–water partition coefficient (Wildman–Crippen LogP) is 4.36. The highest BCUT2D eigenvalue weighted by Crippen LogP contribution is 2.37. The van der Waals surface area contributed by atoms with Crippen LogP contribution < -0.4 is 10.7 Å². The zero-order valence-corrected chi connectivity index (χ0v) is 18.4. The number of rotatable bonds is 6. The van der Waals surface area contributed by atoms with Gasteiger partial charge in [-0.15, -0.1) is 10.2 Å². The molecule has 1 aromatic heterocycles. The number of fused-ring (bicyclic) bond motifs is 1. The molecule has 0 saturated carbocycles. The van der Waals surface area contributed by atoms with Crippen LogP contribution in [0.5, 0.6) is 0 Å². The lowest BCUT2D eigenvalue weighted by atomic mass is 10.0. The van der Waals surface area contributed by atoms with Crippen LogP contribution in [0.15, 0.2) is 53.7 Å². The number of carbonyl (C=O) groups is 1. The van der Waals surface area contributed by atoms with E-state index in [0.29, 0.717) is 0 Å². The average Bonchev–Trinajstić information content (AvgIpc) is 3.21. The van der Waals surface area contributed by atoms with Gasteiger partial charge in [-0.05, 0) is 41.7 Å². The van der Waals surface area contributed by atoms with Crippen LogP contribution in [-0.4, -0.2) is 26.0 Å². The number of carbonyl (C=O) groups excluding carboxylic acids is 1. The van der Waals surface area contributed by atoms with E-state index >= 15 is 0 Å². The van der Waals surface area contributed by atoms with Crippen molar-refractivity contribution in [2.24, 2.45) is 0 Å². The zero-order chi connectivity index (χ0) is 21.1. The molecule has 2 heterocycles. The highest BCUT2D eigenvalue weighted by molar-refractivity contribution is 8.00. The van der Waals surface area contributed by atoms with E-state index < -0.39 is 0 Å². The largest absolute Gasteiger partial charge is 0.325 e. The van der Waals surface area contributed by atoms with Crippen LogP contribution in [0.3, 0.4) is 0 Å². The van der Waals surface area contributed by atoms with Gasteiger partial charge in [0.15, 0.2) is 5.82 Å². The van der Waals surface area contributed by atoms with Crippen LogP contribution in [-0.2, 0) is 24.1 Å². The number of hydrogen-bond donors (Lipinski definition) is 2. The van der Waals surface area contributed by atoms with E-state index in [4.69, 9.17) is 0 Å². The fourth-order valence-corrected chi connectivity index (χ4v) is 4.67. The Balaban J connectivity index is 1.63. The van der Waals surface area contributed by atoms with Crippen molar-refractivity contribution in [3.63, 3.8) is 0 Å². The molecule has 4 rings (SSSR count). The maximum atomic E-state index is 13.3. The Morgan fingerprint density at radius 3 is 2.20 bits per heavy atom. The summed E-state index contributed by atoms with van der Waals surface area (Å²) in [6, 6.07) is 16.3. The predicted molar refractivity (Wildman–Crippen MR) is 121 cm³/mol. The second-order valence-corrected chi connectivity index (χ2v) is 8.48. The van der Waals surface area contributed by atoms with E-state index in [-0.39, 0.29) is 17.2 Å². The molecule has 7 heteroatoms. The lowest BCUT2D eigenvalue weighted by molar-refractivity contribution is -0.116. The smallest absolute Gasteiger partial charge is 0.240 e. The molecule has 0 unspecified atom stereocenters. The number of thioether (sulfide) groups is 1. The average molecular weight is 422 g/mol. The molecule has 6 nitrogen and oxygen atoms in total. The number of nitrogens with zero attached hydrogens (tertiary/aromatic N) is 3. The lowest BCUT2D eigenvalue weighted by Crippen LogP contribution is -2.41. The Bertz CT molecular complexity index is 1010. The molecule has 0 aliphatic carbocycles. The maximum absolute atomic E-state index is 13.3. The topological polar surface area (TPSA) is 71.8 Å². The second kappa shape index (κ2) is 8.92. The molecular weight excluding hydrogens is 394 g/mol. The number of amides is 1.